The number of hydrogen-bond acceptors (Lipinski definition) is 4. The Morgan fingerprint density at radius 1 is 1.60 bits per heavy atom. The molecule has 0 radical (unpaired) electrons. The number of carbonyl (C=O) groups is 1. The molecule has 0 aliphatic carbocycles. The molecule has 1 unspecified atom stereocenters. The van der Waals surface area contributed by atoms with Crippen LogP contribution in [0.4, 0.5) is 0 Å². The Hall–Kier alpha value is -0.750. The summed E-state index contributed by atoms with van der Waals surface area (Å²) < 4.78 is 7.27. The van der Waals surface area contributed by atoms with Crippen LogP contribution in [0.15, 0.2) is 4.60 Å². The van der Waals surface area contributed by atoms with Crippen molar-refractivity contribution in [2.24, 2.45) is 7.05 Å². The fraction of sp³-hybridized carbons (Fsp3) is 0.667. The molecule has 0 saturated carbocycles. The molecule has 1 heterocycles. The van der Waals surface area contributed by atoms with Gasteiger partial charge in [-0.15, -0.1) is 5.10 Å². The molecular weight excluding hydrogens is 262 g/mol. The van der Waals surface area contributed by atoms with Crippen molar-refractivity contribution in [2.75, 3.05) is 6.61 Å². The van der Waals surface area contributed by atoms with E-state index in [2.05, 4.69) is 26.2 Å². The number of hydrogen-bond donors (Lipinski definition) is 0. The summed E-state index contributed by atoms with van der Waals surface area (Å²) in [6, 6.07) is 0. The molecule has 0 amide bonds. The van der Waals surface area contributed by atoms with Crippen LogP contribution in [0.2, 0.25) is 0 Å². The van der Waals surface area contributed by atoms with Crippen LogP contribution in [0.5, 0.6) is 0 Å². The van der Waals surface area contributed by atoms with E-state index >= 15 is 0 Å². The molecule has 0 spiro atoms. The van der Waals surface area contributed by atoms with Crippen molar-refractivity contribution in [3.63, 3.8) is 0 Å². The fourth-order valence-electron chi connectivity index (χ4n) is 1.33. The van der Waals surface area contributed by atoms with E-state index in [-0.39, 0.29) is 5.78 Å². The first kappa shape index (κ1) is 12.3. The monoisotopic (exact) mass is 275 g/mol. The van der Waals surface area contributed by atoms with Crippen LogP contribution < -0.4 is 0 Å². The molecule has 0 saturated heterocycles. The average Bonchev–Trinajstić information content (AvgIpc) is 2.54. The molecule has 0 aliphatic heterocycles. The highest BCUT2D eigenvalue weighted by molar-refractivity contribution is 9.10. The van der Waals surface area contributed by atoms with Gasteiger partial charge in [-0.1, -0.05) is 12.1 Å². The molecule has 0 aromatic carbocycles. The van der Waals surface area contributed by atoms with Gasteiger partial charge >= 0.3 is 0 Å². The quantitative estimate of drug-likeness (QED) is 0.766. The van der Waals surface area contributed by atoms with Crippen LogP contribution >= 0.6 is 15.9 Å². The van der Waals surface area contributed by atoms with E-state index in [0.29, 0.717) is 23.3 Å². The maximum Gasteiger partial charge on any atom is 0.212 e. The third kappa shape index (κ3) is 2.63. The van der Waals surface area contributed by atoms with Gasteiger partial charge in [-0.05, 0) is 29.3 Å². The lowest BCUT2D eigenvalue weighted by Crippen LogP contribution is -2.26. The lowest BCUT2D eigenvalue weighted by atomic mass is 10.1. The van der Waals surface area contributed by atoms with Gasteiger partial charge in [0, 0.05) is 13.7 Å². The van der Waals surface area contributed by atoms with Gasteiger partial charge in [0.15, 0.2) is 4.60 Å². The first-order valence-corrected chi connectivity index (χ1v) is 5.62. The van der Waals surface area contributed by atoms with E-state index in [9.17, 15) is 4.79 Å². The summed E-state index contributed by atoms with van der Waals surface area (Å²) in [6.45, 7) is 4.30. The van der Waals surface area contributed by atoms with Crippen molar-refractivity contribution >= 4 is 21.7 Å². The third-order valence-corrected chi connectivity index (χ3v) is 2.58. The van der Waals surface area contributed by atoms with Crippen LogP contribution in [0.25, 0.3) is 0 Å². The topological polar surface area (TPSA) is 57.0 Å². The number of Topliss-reactive ketones (excluding diaryl/α,β-unsaturated/α-hetero) is 1. The second-order valence-corrected chi connectivity index (χ2v) is 3.82. The molecule has 0 aliphatic rings. The second kappa shape index (κ2) is 5.37. The summed E-state index contributed by atoms with van der Waals surface area (Å²) in [7, 11) is 1.68. The van der Waals surface area contributed by atoms with E-state index in [4.69, 9.17) is 4.74 Å². The van der Waals surface area contributed by atoms with Crippen molar-refractivity contribution in [1.29, 1.82) is 0 Å². The number of rotatable bonds is 5. The molecule has 0 N–H and O–H groups in total. The van der Waals surface area contributed by atoms with Gasteiger partial charge in [-0.3, -0.25) is 4.79 Å². The largest absolute Gasteiger partial charge is 0.370 e. The highest BCUT2D eigenvalue weighted by Crippen LogP contribution is 2.16. The molecule has 1 atom stereocenters. The maximum atomic E-state index is 12.0. The van der Waals surface area contributed by atoms with Gasteiger partial charge < -0.3 is 4.74 Å². The standard InChI is InChI=1S/C9H14BrN3O2/c1-4-6(15-5-2)8(14)7-9(10)11-12-13(7)3/h6H,4-5H2,1-3H3. The summed E-state index contributed by atoms with van der Waals surface area (Å²) in [5.41, 5.74) is 0.454. The summed E-state index contributed by atoms with van der Waals surface area (Å²) in [6.07, 6.45) is 0.230. The minimum absolute atomic E-state index is 0.0845. The van der Waals surface area contributed by atoms with Crippen molar-refractivity contribution in [2.45, 2.75) is 26.4 Å². The molecule has 0 fully saturated rings. The second-order valence-electron chi connectivity index (χ2n) is 3.07. The first-order valence-electron chi connectivity index (χ1n) is 4.82. The minimum Gasteiger partial charge on any atom is -0.370 e. The number of aryl methyl sites for hydroxylation is 1. The molecular formula is C9H14BrN3O2. The van der Waals surface area contributed by atoms with E-state index in [1.807, 2.05) is 13.8 Å². The van der Waals surface area contributed by atoms with Crippen molar-refractivity contribution < 1.29 is 9.53 Å². The fourth-order valence-corrected chi connectivity index (χ4v) is 1.85. The number of carbonyl (C=O) groups excluding carboxylic acids is 1. The maximum absolute atomic E-state index is 12.0. The van der Waals surface area contributed by atoms with Gasteiger partial charge in [-0.25, -0.2) is 4.68 Å². The Balaban J connectivity index is 2.92. The molecule has 1 aromatic rings. The molecule has 0 bridgehead atoms. The smallest absolute Gasteiger partial charge is 0.212 e. The summed E-state index contributed by atoms with van der Waals surface area (Å²) in [5.74, 6) is -0.0845. The number of nitrogens with zero attached hydrogens (tertiary/aromatic N) is 3. The van der Waals surface area contributed by atoms with Crippen LogP contribution in [0.3, 0.4) is 0 Å². The molecule has 6 heteroatoms. The van der Waals surface area contributed by atoms with Gasteiger partial charge in [0.05, 0.1) is 0 Å². The first-order chi connectivity index (χ1) is 7.11. The van der Waals surface area contributed by atoms with E-state index in [1.54, 1.807) is 7.05 Å². The van der Waals surface area contributed by atoms with Crippen molar-refractivity contribution in [3.05, 3.63) is 10.3 Å². The zero-order valence-corrected chi connectivity index (χ0v) is 10.6. The van der Waals surface area contributed by atoms with Crippen LogP contribution in [-0.4, -0.2) is 33.5 Å². The number of halogens is 1. The third-order valence-electron chi connectivity index (χ3n) is 2.05. The van der Waals surface area contributed by atoms with Crippen LogP contribution in [-0.2, 0) is 11.8 Å². The normalized spacial score (nSPS) is 12.8. The lowest BCUT2D eigenvalue weighted by Gasteiger charge is -2.13. The molecule has 15 heavy (non-hydrogen) atoms. The SMILES string of the molecule is CCOC(CC)C(=O)c1c(Br)nnn1C. The van der Waals surface area contributed by atoms with Gasteiger partial charge in [0.2, 0.25) is 5.78 Å². The Bertz CT molecular complexity index is 332. The highest BCUT2D eigenvalue weighted by atomic mass is 79.9. The van der Waals surface area contributed by atoms with Gasteiger partial charge in [-0.2, -0.15) is 0 Å². The predicted octanol–water partition coefficient (Wildman–Crippen LogP) is 1.58. The highest BCUT2D eigenvalue weighted by Gasteiger charge is 2.24. The summed E-state index contributed by atoms with van der Waals surface area (Å²) in [4.78, 5) is 12.0. The summed E-state index contributed by atoms with van der Waals surface area (Å²) in [5, 5.41) is 7.52. The van der Waals surface area contributed by atoms with Gasteiger partial charge in [0.1, 0.15) is 11.8 Å². The molecule has 5 nitrogen and oxygen atoms in total. The molecule has 84 valence electrons. The Morgan fingerprint density at radius 3 is 2.67 bits per heavy atom. The Morgan fingerprint density at radius 2 is 2.27 bits per heavy atom. The van der Waals surface area contributed by atoms with E-state index < -0.39 is 6.10 Å². The predicted molar refractivity (Wildman–Crippen MR) is 58.7 cm³/mol. The van der Waals surface area contributed by atoms with E-state index in [0.717, 1.165) is 0 Å². The van der Waals surface area contributed by atoms with Gasteiger partial charge in [0.25, 0.3) is 0 Å². The Kier molecular flexibility index (Phi) is 4.41. The Labute approximate surface area is 96.9 Å². The van der Waals surface area contributed by atoms with E-state index in [1.165, 1.54) is 4.68 Å². The average molecular weight is 276 g/mol. The minimum atomic E-state index is -0.413. The number of ether oxygens (including phenoxy) is 1. The van der Waals surface area contributed by atoms with Crippen molar-refractivity contribution in [1.82, 2.24) is 15.0 Å². The lowest BCUT2D eigenvalue weighted by molar-refractivity contribution is 0.0434. The number of ketones is 1. The number of aromatic nitrogens is 3. The van der Waals surface area contributed by atoms with Crippen molar-refractivity contribution in [3.8, 4) is 0 Å². The summed E-state index contributed by atoms with van der Waals surface area (Å²) >= 11 is 3.20. The molecule has 1 rings (SSSR count). The van der Waals surface area contributed by atoms with Crippen LogP contribution in [0, 0.1) is 0 Å². The zero-order valence-electron chi connectivity index (χ0n) is 9.03. The van der Waals surface area contributed by atoms with Crippen LogP contribution in [0.1, 0.15) is 30.8 Å². The molecule has 1 aromatic heterocycles. The zero-order chi connectivity index (χ0) is 11.4.